The molecule has 0 bridgehead atoms. The number of halogens is 3. The van der Waals surface area contributed by atoms with Gasteiger partial charge in [-0.1, -0.05) is 30.3 Å². The monoisotopic (exact) mass is 393 g/mol. The zero-order chi connectivity index (χ0) is 20.0. The van der Waals surface area contributed by atoms with Crippen LogP contribution in [0.15, 0.2) is 53.5 Å². The Morgan fingerprint density at radius 3 is 2.75 bits per heavy atom. The van der Waals surface area contributed by atoms with Crippen molar-refractivity contribution >= 4 is 5.96 Å². The van der Waals surface area contributed by atoms with Gasteiger partial charge in [-0.2, -0.15) is 13.2 Å². The normalized spacial score (nSPS) is 16.3. The third-order valence-corrected chi connectivity index (χ3v) is 4.20. The average molecular weight is 393 g/mol. The summed E-state index contributed by atoms with van der Waals surface area (Å²) in [5.74, 6) is 1.67. The molecule has 0 radical (unpaired) electrons. The Morgan fingerprint density at radius 2 is 2.00 bits per heavy atom. The maximum absolute atomic E-state index is 12.3. The lowest BCUT2D eigenvalue weighted by Gasteiger charge is -2.16. The predicted molar refractivity (Wildman–Crippen MR) is 101 cm³/mol. The van der Waals surface area contributed by atoms with Crippen molar-refractivity contribution in [1.82, 2.24) is 10.6 Å². The number of hydrogen-bond donors (Lipinski definition) is 2. The maximum atomic E-state index is 12.3. The summed E-state index contributed by atoms with van der Waals surface area (Å²) in [5, 5.41) is 6.35. The van der Waals surface area contributed by atoms with E-state index >= 15 is 0 Å². The Balaban J connectivity index is 1.46. The SMILES string of the molecule is CN=C(NCc1cccc(OCC(F)(F)F)c1)NCC1Cc2ccccc2O1. The highest BCUT2D eigenvalue weighted by Crippen LogP contribution is 2.27. The van der Waals surface area contributed by atoms with E-state index in [2.05, 4.69) is 21.7 Å². The molecule has 2 aromatic carbocycles. The number of nitrogens with zero attached hydrogens (tertiary/aromatic N) is 1. The highest BCUT2D eigenvalue weighted by atomic mass is 19.4. The lowest BCUT2D eigenvalue weighted by Crippen LogP contribution is -2.41. The fourth-order valence-electron chi connectivity index (χ4n) is 2.90. The molecule has 8 heteroatoms. The van der Waals surface area contributed by atoms with Crippen LogP contribution in [0.4, 0.5) is 13.2 Å². The van der Waals surface area contributed by atoms with E-state index in [-0.39, 0.29) is 11.9 Å². The molecule has 0 spiro atoms. The van der Waals surface area contributed by atoms with Crippen molar-refractivity contribution in [2.24, 2.45) is 4.99 Å². The number of aliphatic imine (C=N–C) groups is 1. The Hall–Kier alpha value is -2.90. The molecule has 2 aromatic rings. The smallest absolute Gasteiger partial charge is 0.422 e. The first-order valence-corrected chi connectivity index (χ1v) is 8.90. The number of benzene rings is 2. The van der Waals surface area contributed by atoms with Gasteiger partial charge in [0.1, 0.15) is 17.6 Å². The minimum atomic E-state index is -4.36. The molecule has 0 saturated carbocycles. The first kappa shape index (κ1) is 19.9. The van der Waals surface area contributed by atoms with Crippen LogP contribution in [0.1, 0.15) is 11.1 Å². The van der Waals surface area contributed by atoms with Gasteiger partial charge in [-0.3, -0.25) is 4.99 Å². The second-order valence-electron chi connectivity index (χ2n) is 6.41. The molecular formula is C20H22F3N3O2. The Kier molecular flexibility index (Phi) is 6.28. The summed E-state index contributed by atoms with van der Waals surface area (Å²) in [6.45, 7) is -0.325. The van der Waals surface area contributed by atoms with Gasteiger partial charge >= 0.3 is 6.18 Å². The van der Waals surface area contributed by atoms with Gasteiger partial charge in [0.05, 0.1) is 6.54 Å². The van der Waals surface area contributed by atoms with Gasteiger partial charge in [0.15, 0.2) is 12.6 Å². The fraction of sp³-hybridized carbons (Fsp3) is 0.350. The third-order valence-electron chi connectivity index (χ3n) is 4.20. The number of alkyl halides is 3. The van der Waals surface area contributed by atoms with Crippen molar-refractivity contribution in [2.75, 3.05) is 20.2 Å². The molecule has 0 fully saturated rings. The van der Waals surface area contributed by atoms with Gasteiger partial charge in [0, 0.05) is 20.0 Å². The van der Waals surface area contributed by atoms with Crippen LogP contribution in [0.3, 0.4) is 0 Å². The van der Waals surface area contributed by atoms with Crippen molar-refractivity contribution < 1.29 is 22.6 Å². The number of ether oxygens (including phenoxy) is 2. The summed E-state index contributed by atoms with van der Waals surface area (Å²) in [4.78, 5) is 4.16. The minimum absolute atomic E-state index is 0.0232. The fourth-order valence-corrected chi connectivity index (χ4v) is 2.90. The van der Waals surface area contributed by atoms with Gasteiger partial charge in [0.25, 0.3) is 0 Å². The van der Waals surface area contributed by atoms with E-state index in [4.69, 9.17) is 9.47 Å². The van der Waals surface area contributed by atoms with E-state index in [1.54, 1.807) is 25.2 Å². The van der Waals surface area contributed by atoms with Gasteiger partial charge in [0.2, 0.25) is 0 Å². The van der Waals surface area contributed by atoms with Crippen LogP contribution >= 0.6 is 0 Å². The molecule has 1 aliphatic rings. The van der Waals surface area contributed by atoms with Gasteiger partial charge in [-0.25, -0.2) is 0 Å². The first-order valence-electron chi connectivity index (χ1n) is 8.90. The van der Waals surface area contributed by atoms with Crippen molar-refractivity contribution in [3.63, 3.8) is 0 Å². The predicted octanol–water partition coefficient (Wildman–Crippen LogP) is 3.30. The molecule has 0 saturated heterocycles. The summed E-state index contributed by atoms with van der Waals surface area (Å²) < 4.78 is 47.5. The quantitative estimate of drug-likeness (QED) is 0.584. The first-order chi connectivity index (χ1) is 13.4. The summed E-state index contributed by atoms with van der Waals surface area (Å²) in [6, 6.07) is 14.5. The zero-order valence-electron chi connectivity index (χ0n) is 15.4. The topological polar surface area (TPSA) is 54.9 Å². The number of para-hydroxylation sites is 1. The van der Waals surface area contributed by atoms with Gasteiger partial charge < -0.3 is 20.1 Å². The van der Waals surface area contributed by atoms with E-state index in [0.717, 1.165) is 17.7 Å². The van der Waals surface area contributed by atoms with Crippen LogP contribution in [-0.4, -0.2) is 38.4 Å². The highest BCUT2D eigenvalue weighted by molar-refractivity contribution is 5.79. The Labute approximate surface area is 161 Å². The second kappa shape index (κ2) is 8.86. The largest absolute Gasteiger partial charge is 0.488 e. The lowest BCUT2D eigenvalue weighted by molar-refractivity contribution is -0.153. The van der Waals surface area contributed by atoms with Crippen LogP contribution in [0.5, 0.6) is 11.5 Å². The molecule has 28 heavy (non-hydrogen) atoms. The number of guanidine groups is 1. The van der Waals surface area contributed by atoms with Crippen LogP contribution in [-0.2, 0) is 13.0 Å². The summed E-state index contributed by atoms with van der Waals surface area (Å²) in [5.41, 5.74) is 1.97. The molecule has 0 aliphatic carbocycles. The van der Waals surface area contributed by atoms with Gasteiger partial charge in [-0.15, -0.1) is 0 Å². The summed E-state index contributed by atoms with van der Waals surface area (Å²) in [7, 11) is 1.66. The molecule has 0 aromatic heterocycles. The number of fused-ring (bicyclic) bond motifs is 1. The number of rotatable bonds is 6. The second-order valence-corrected chi connectivity index (χ2v) is 6.41. The lowest BCUT2D eigenvalue weighted by atomic mass is 10.1. The molecule has 1 atom stereocenters. The number of hydrogen-bond acceptors (Lipinski definition) is 3. The Bertz CT molecular complexity index is 799. The van der Waals surface area contributed by atoms with E-state index in [9.17, 15) is 13.2 Å². The van der Waals surface area contributed by atoms with E-state index in [1.165, 1.54) is 11.6 Å². The van der Waals surface area contributed by atoms with Gasteiger partial charge in [-0.05, 0) is 29.3 Å². The van der Waals surface area contributed by atoms with Crippen molar-refractivity contribution in [2.45, 2.75) is 25.2 Å². The molecule has 1 aliphatic heterocycles. The summed E-state index contributed by atoms with van der Waals surface area (Å²) >= 11 is 0. The van der Waals surface area contributed by atoms with Crippen molar-refractivity contribution in [3.8, 4) is 11.5 Å². The third kappa shape index (κ3) is 5.80. The zero-order valence-corrected chi connectivity index (χ0v) is 15.4. The van der Waals surface area contributed by atoms with Crippen LogP contribution in [0.25, 0.3) is 0 Å². The highest BCUT2D eigenvalue weighted by Gasteiger charge is 2.28. The maximum Gasteiger partial charge on any atom is 0.422 e. The van der Waals surface area contributed by atoms with E-state index in [0.29, 0.717) is 19.0 Å². The molecule has 3 rings (SSSR count). The molecule has 0 amide bonds. The Morgan fingerprint density at radius 1 is 1.18 bits per heavy atom. The summed E-state index contributed by atoms with van der Waals surface area (Å²) in [6.07, 6.45) is -3.50. The molecule has 1 unspecified atom stereocenters. The molecular weight excluding hydrogens is 371 g/mol. The molecule has 2 N–H and O–H groups in total. The van der Waals surface area contributed by atoms with Crippen molar-refractivity contribution in [3.05, 3.63) is 59.7 Å². The van der Waals surface area contributed by atoms with Crippen molar-refractivity contribution in [1.29, 1.82) is 0 Å². The minimum Gasteiger partial charge on any atom is -0.488 e. The average Bonchev–Trinajstić information content (AvgIpc) is 3.09. The van der Waals surface area contributed by atoms with E-state index in [1.807, 2.05) is 18.2 Å². The van der Waals surface area contributed by atoms with Crippen LogP contribution in [0.2, 0.25) is 0 Å². The van der Waals surface area contributed by atoms with E-state index < -0.39 is 12.8 Å². The van der Waals surface area contributed by atoms with Crippen LogP contribution in [0, 0.1) is 0 Å². The molecule has 1 heterocycles. The number of nitrogens with one attached hydrogen (secondary N) is 2. The van der Waals surface area contributed by atoms with Crippen LogP contribution < -0.4 is 20.1 Å². The standard InChI is InChI=1S/C20H22F3N3O2/c1-24-19(26-12-17-10-15-6-2-3-8-18(15)28-17)25-11-14-5-4-7-16(9-14)27-13-20(21,22)23/h2-9,17H,10-13H2,1H3,(H2,24,25,26). The molecule has 150 valence electrons. The molecule has 5 nitrogen and oxygen atoms in total.